The van der Waals surface area contributed by atoms with E-state index >= 15 is 0 Å². The van der Waals surface area contributed by atoms with Crippen LogP contribution in [0.1, 0.15) is 122 Å². The van der Waals surface area contributed by atoms with Gasteiger partial charge in [0.05, 0.1) is 10.1 Å². The molecule has 0 aliphatic carbocycles. The van der Waals surface area contributed by atoms with Crippen LogP contribution in [-0.4, -0.2) is 18.7 Å². The summed E-state index contributed by atoms with van der Waals surface area (Å²) in [5.41, 5.74) is 0. The topological polar surface area (TPSA) is 57.2 Å². The molecule has 0 aliphatic rings. The van der Waals surface area contributed by atoms with Gasteiger partial charge in [-0.2, -0.15) is 0 Å². The Labute approximate surface area is 170 Å². The van der Waals surface area contributed by atoms with Gasteiger partial charge in [-0.1, -0.05) is 116 Å². The quantitative estimate of drug-likeness (QED) is 0.199. The van der Waals surface area contributed by atoms with E-state index in [0.29, 0.717) is 6.42 Å². The largest absolute Gasteiger partial charge is 1.00 e. The zero-order chi connectivity index (χ0) is 17.9. The molecule has 0 amide bonds. The first kappa shape index (κ1) is 27.7. The Morgan fingerprint density at radius 2 is 0.760 bits per heavy atom. The van der Waals surface area contributed by atoms with Crippen LogP contribution in [0.4, 0.5) is 0 Å². The van der Waals surface area contributed by atoms with Crippen LogP contribution in [0, 0.1) is 0 Å². The van der Waals surface area contributed by atoms with Crippen LogP contribution >= 0.6 is 0 Å². The average molecular weight is 369 g/mol. The van der Waals surface area contributed by atoms with Crippen LogP contribution in [0.5, 0.6) is 0 Å². The van der Waals surface area contributed by atoms with Crippen LogP contribution in [0.3, 0.4) is 0 Å². The first-order valence-electron chi connectivity index (χ1n) is 10.5. The van der Waals surface area contributed by atoms with E-state index in [1.165, 1.54) is 96.3 Å². The summed E-state index contributed by atoms with van der Waals surface area (Å²) in [5, 5.41) is 0. The third kappa shape index (κ3) is 26.8. The molecule has 0 radical (unpaired) electrons. The van der Waals surface area contributed by atoms with Gasteiger partial charge in [-0.25, -0.2) is 8.42 Å². The molecule has 0 aromatic carbocycles. The minimum Gasteiger partial charge on any atom is -0.748 e. The summed E-state index contributed by atoms with van der Waals surface area (Å²) in [7, 11) is -4.00. The molecule has 5 heteroatoms. The van der Waals surface area contributed by atoms with Gasteiger partial charge in [0.15, 0.2) is 0 Å². The van der Waals surface area contributed by atoms with Gasteiger partial charge in [0.25, 0.3) is 0 Å². The van der Waals surface area contributed by atoms with Crippen molar-refractivity contribution in [3.05, 3.63) is 0 Å². The Morgan fingerprint density at radius 3 is 1.00 bits per heavy atom. The zero-order valence-electron chi connectivity index (χ0n) is 17.1. The van der Waals surface area contributed by atoms with Crippen molar-refractivity contribution < 1.29 is 31.8 Å². The third-order valence-electron chi connectivity index (χ3n) is 4.75. The van der Waals surface area contributed by atoms with Crippen molar-refractivity contribution in [3.63, 3.8) is 0 Å². The molecule has 0 fully saturated rings. The maximum Gasteiger partial charge on any atom is 1.00 e. The SMILES string of the molecule is CCCCCCCCCCCCCCCCCCCCS(=O)(=O)[O-].[Li+]. The number of hydrogen-bond donors (Lipinski definition) is 0. The molecular formula is C20H41LiO3S. The van der Waals surface area contributed by atoms with Gasteiger partial charge in [0.2, 0.25) is 0 Å². The molecule has 0 saturated heterocycles. The van der Waals surface area contributed by atoms with E-state index in [1.54, 1.807) is 0 Å². The van der Waals surface area contributed by atoms with Crippen LogP contribution in [0.2, 0.25) is 0 Å². The van der Waals surface area contributed by atoms with E-state index in [0.717, 1.165) is 12.8 Å². The van der Waals surface area contributed by atoms with Crippen molar-refractivity contribution in [2.75, 3.05) is 5.75 Å². The predicted octanol–water partition coefficient (Wildman–Crippen LogP) is 3.58. The second-order valence-electron chi connectivity index (χ2n) is 7.27. The van der Waals surface area contributed by atoms with Crippen molar-refractivity contribution in [1.82, 2.24) is 0 Å². The zero-order valence-corrected chi connectivity index (χ0v) is 17.9. The minimum absolute atomic E-state index is 0. The molecule has 0 aromatic rings. The first-order valence-corrected chi connectivity index (χ1v) is 12.1. The second kappa shape index (κ2) is 20.8. The van der Waals surface area contributed by atoms with Gasteiger partial charge in [-0.05, 0) is 6.42 Å². The molecular weight excluding hydrogens is 327 g/mol. The van der Waals surface area contributed by atoms with Crippen molar-refractivity contribution in [2.24, 2.45) is 0 Å². The normalized spacial score (nSPS) is 11.4. The molecule has 0 rings (SSSR count). The molecule has 0 aromatic heterocycles. The summed E-state index contributed by atoms with van der Waals surface area (Å²) in [6.45, 7) is 2.27. The maximum absolute atomic E-state index is 10.4. The molecule has 0 saturated carbocycles. The average Bonchev–Trinajstić information content (AvgIpc) is 2.52. The summed E-state index contributed by atoms with van der Waals surface area (Å²) in [5.74, 6) is -0.189. The van der Waals surface area contributed by atoms with E-state index in [2.05, 4.69) is 6.92 Å². The summed E-state index contributed by atoms with van der Waals surface area (Å²) < 4.78 is 31.3. The summed E-state index contributed by atoms with van der Waals surface area (Å²) in [6.07, 6.45) is 23.0. The Balaban J connectivity index is 0. The van der Waals surface area contributed by atoms with Crippen LogP contribution < -0.4 is 18.9 Å². The molecule has 0 aliphatic heterocycles. The molecule has 0 unspecified atom stereocenters. The van der Waals surface area contributed by atoms with Crippen molar-refractivity contribution in [3.8, 4) is 0 Å². The molecule has 25 heavy (non-hydrogen) atoms. The minimum atomic E-state index is -4.00. The fourth-order valence-electron chi connectivity index (χ4n) is 3.18. The number of unbranched alkanes of at least 4 members (excludes halogenated alkanes) is 17. The standard InChI is InChI=1S/C20H42O3S.Li/c1-2-3-4-5-6-7-8-9-10-11-12-13-14-15-16-17-18-19-20-24(21,22)23;/h2-20H2,1H3,(H,21,22,23);/q;+1/p-1. The summed E-state index contributed by atoms with van der Waals surface area (Å²) >= 11 is 0. The van der Waals surface area contributed by atoms with Gasteiger partial charge in [-0.3, -0.25) is 0 Å². The molecule has 0 N–H and O–H groups in total. The molecule has 146 valence electrons. The third-order valence-corrected chi connectivity index (χ3v) is 5.54. The Bertz CT molecular complexity index is 345. The van der Waals surface area contributed by atoms with E-state index in [9.17, 15) is 13.0 Å². The van der Waals surface area contributed by atoms with E-state index < -0.39 is 10.1 Å². The van der Waals surface area contributed by atoms with Crippen LogP contribution in [0.25, 0.3) is 0 Å². The second-order valence-corrected chi connectivity index (χ2v) is 8.80. The Hall–Kier alpha value is 0.507. The monoisotopic (exact) mass is 368 g/mol. The van der Waals surface area contributed by atoms with Crippen LogP contribution in [0.15, 0.2) is 0 Å². The van der Waals surface area contributed by atoms with Gasteiger partial charge < -0.3 is 4.55 Å². The fraction of sp³-hybridized carbons (Fsp3) is 1.00. The fourth-order valence-corrected chi connectivity index (χ4v) is 3.74. The van der Waals surface area contributed by atoms with Gasteiger partial charge >= 0.3 is 18.9 Å². The molecule has 3 nitrogen and oxygen atoms in total. The number of hydrogen-bond acceptors (Lipinski definition) is 3. The van der Waals surface area contributed by atoms with Gasteiger partial charge in [-0.15, -0.1) is 0 Å². The predicted molar refractivity (Wildman–Crippen MR) is 103 cm³/mol. The number of rotatable bonds is 19. The van der Waals surface area contributed by atoms with E-state index in [4.69, 9.17) is 0 Å². The molecule has 0 heterocycles. The molecule has 0 spiro atoms. The van der Waals surface area contributed by atoms with Crippen molar-refractivity contribution in [1.29, 1.82) is 0 Å². The maximum atomic E-state index is 10.4. The first-order chi connectivity index (χ1) is 11.6. The molecule has 0 atom stereocenters. The van der Waals surface area contributed by atoms with E-state index in [1.807, 2.05) is 0 Å². The van der Waals surface area contributed by atoms with Crippen molar-refractivity contribution in [2.45, 2.75) is 122 Å². The van der Waals surface area contributed by atoms with Gasteiger partial charge in [0.1, 0.15) is 0 Å². The summed E-state index contributed by atoms with van der Waals surface area (Å²) in [6, 6.07) is 0. The molecule has 0 bridgehead atoms. The van der Waals surface area contributed by atoms with E-state index in [-0.39, 0.29) is 24.6 Å². The van der Waals surface area contributed by atoms with Gasteiger partial charge in [0, 0.05) is 5.75 Å². The van der Waals surface area contributed by atoms with Crippen molar-refractivity contribution >= 4 is 10.1 Å². The Morgan fingerprint density at radius 1 is 0.520 bits per heavy atom. The summed E-state index contributed by atoms with van der Waals surface area (Å²) in [4.78, 5) is 0. The Kier molecular flexibility index (Phi) is 23.1. The smallest absolute Gasteiger partial charge is 0.748 e. The van der Waals surface area contributed by atoms with Crippen LogP contribution in [-0.2, 0) is 10.1 Å².